The average Bonchev–Trinajstić information content (AvgIpc) is 3.07. The summed E-state index contributed by atoms with van der Waals surface area (Å²) in [7, 11) is 0. The van der Waals surface area contributed by atoms with Gasteiger partial charge < -0.3 is 20.1 Å². The van der Waals surface area contributed by atoms with E-state index in [0.717, 1.165) is 24.1 Å². The Bertz CT molecular complexity index is 787. The third-order valence-corrected chi connectivity index (χ3v) is 4.53. The normalized spacial score (nSPS) is 16.7. The Hall–Kier alpha value is -3.03. The van der Waals surface area contributed by atoms with E-state index in [9.17, 15) is 9.59 Å². The zero-order chi connectivity index (χ0) is 19.2. The Morgan fingerprint density at radius 2 is 2.00 bits per heavy atom. The Labute approximate surface area is 158 Å². The van der Waals surface area contributed by atoms with Crippen molar-refractivity contribution in [1.29, 1.82) is 0 Å². The summed E-state index contributed by atoms with van der Waals surface area (Å²) < 4.78 is 5.02. The molecule has 3 rings (SSSR count). The van der Waals surface area contributed by atoms with Crippen LogP contribution in [0.4, 0.5) is 21.2 Å². The molecule has 0 unspecified atom stereocenters. The maximum atomic E-state index is 12.4. The summed E-state index contributed by atoms with van der Waals surface area (Å²) in [6.07, 6.45) is 1.87. The van der Waals surface area contributed by atoms with Crippen molar-refractivity contribution in [2.24, 2.45) is 5.92 Å². The van der Waals surface area contributed by atoms with Crippen LogP contribution in [0.5, 0.6) is 0 Å². The number of amides is 4. The maximum Gasteiger partial charge on any atom is 0.324 e. The summed E-state index contributed by atoms with van der Waals surface area (Å²) in [5.41, 5.74) is 2.61. The number of carbonyl (C=O) groups excluding carboxylic acids is 2. The van der Waals surface area contributed by atoms with Gasteiger partial charge in [-0.05, 0) is 44.7 Å². The highest BCUT2D eigenvalue weighted by Crippen LogP contribution is 2.18. The van der Waals surface area contributed by atoms with Gasteiger partial charge in [0.15, 0.2) is 0 Å². The van der Waals surface area contributed by atoms with Crippen molar-refractivity contribution in [1.82, 2.24) is 15.4 Å². The first-order valence-corrected chi connectivity index (χ1v) is 9.10. The maximum absolute atomic E-state index is 12.4. The van der Waals surface area contributed by atoms with Crippen molar-refractivity contribution in [2.75, 3.05) is 30.3 Å². The predicted molar refractivity (Wildman–Crippen MR) is 103 cm³/mol. The van der Waals surface area contributed by atoms with Crippen LogP contribution in [0.25, 0.3) is 0 Å². The zero-order valence-corrected chi connectivity index (χ0v) is 15.6. The summed E-state index contributed by atoms with van der Waals surface area (Å²) in [4.78, 5) is 26.2. The van der Waals surface area contributed by atoms with Crippen LogP contribution in [-0.2, 0) is 0 Å². The van der Waals surface area contributed by atoms with E-state index in [1.54, 1.807) is 17.9 Å². The molecule has 1 atom stereocenters. The molecule has 3 N–H and O–H groups in total. The zero-order valence-electron chi connectivity index (χ0n) is 15.6. The lowest BCUT2D eigenvalue weighted by molar-refractivity contribution is 0.176. The van der Waals surface area contributed by atoms with Gasteiger partial charge in [0.2, 0.25) is 5.88 Å². The molecule has 2 aromatic rings. The highest BCUT2D eigenvalue weighted by atomic mass is 16.5. The molecule has 144 valence electrons. The van der Waals surface area contributed by atoms with Gasteiger partial charge in [-0.25, -0.2) is 9.59 Å². The summed E-state index contributed by atoms with van der Waals surface area (Å²) in [5, 5.41) is 12.2. The predicted octanol–water partition coefficient (Wildman–Crippen LogP) is 3.36. The van der Waals surface area contributed by atoms with Crippen LogP contribution < -0.4 is 16.0 Å². The van der Waals surface area contributed by atoms with Gasteiger partial charge >= 0.3 is 12.1 Å². The number of piperidine rings is 1. The molecule has 0 bridgehead atoms. The van der Waals surface area contributed by atoms with E-state index in [1.807, 2.05) is 31.2 Å². The van der Waals surface area contributed by atoms with E-state index in [2.05, 4.69) is 21.1 Å². The summed E-state index contributed by atoms with van der Waals surface area (Å²) in [6, 6.07) is 8.86. The molecule has 0 spiro atoms. The largest absolute Gasteiger partial charge is 0.338 e. The molecule has 1 aromatic carbocycles. The lowest BCUT2D eigenvalue weighted by Crippen LogP contribution is -2.45. The SMILES string of the molecule is Cc1ccc(NC(=O)NC[C@H]2CCCN(C(=O)Nc3cc(C)no3)C2)cc1. The van der Waals surface area contributed by atoms with E-state index < -0.39 is 0 Å². The van der Waals surface area contributed by atoms with Gasteiger partial charge in [-0.2, -0.15) is 0 Å². The van der Waals surface area contributed by atoms with Crippen molar-refractivity contribution >= 4 is 23.6 Å². The Kier molecular flexibility index (Phi) is 5.95. The fourth-order valence-corrected chi connectivity index (χ4v) is 3.07. The minimum atomic E-state index is -0.238. The second-order valence-corrected chi connectivity index (χ2v) is 6.92. The molecule has 1 fully saturated rings. The molecule has 0 aliphatic carbocycles. The number of nitrogens with zero attached hydrogens (tertiary/aromatic N) is 2. The van der Waals surface area contributed by atoms with Crippen molar-refractivity contribution in [2.45, 2.75) is 26.7 Å². The van der Waals surface area contributed by atoms with Crippen molar-refractivity contribution < 1.29 is 14.1 Å². The van der Waals surface area contributed by atoms with Crippen molar-refractivity contribution in [3.8, 4) is 0 Å². The number of nitrogens with one attached hydrogen (secondary N) is 3. The van der Waals surface area contributed by atoms with Crippen LogP contribution in [0.15, 0.2) is 34.9 Å². The molecule has 0 radical (unpaired) electrons. The van der Waals surface area contributed by atoms with E-state index in [0.29, 0.717) is 31.2 Å². The summed E-state index contributed by atoms with van der Waals surface area (Å²) >= 11 is 0. The summed E-state index contributed by atoms with van der Waals surface area (Å²) in [5.74, 6) is 0.556. The standard InChI is InChI=1S/C19H25N5O3/c1-13-5-7-16(8-6-13)21-18(25)20-11-15-4-3-9-24(12-15)19(26)22-17-10-14(2)23-27-17/h5-8,10,15H,3-4,9,11-12H2,1-2H3,(H,22,26)(H2,20,21,25)/t15-/m1/s1. The number of rotatable bonds is 4. The van der Waals surface area contributed by atoms with E-state index in [-0.39, 0.29) is 18.0 Å². The molecular weight excluding hydrogens is 346 g/mol. The third-order valence-electron chi connectivity index (χ3n) is 4.53. The van der Waals surface area contributed by atoms with Gasteiger partial charge in [0.1, 0.15) is 0 Å². The number of urea groups is 2. The number of likely N-dealkylation sites (tertiary alicyclic amines) is 1. The Morgan fingerprint density at radius 1 is 1.22 bits per heavy atom. The molecule has 4 amide bonds. The minimum Gasteiger partial charge on any atom is -0.338 e. The van der Waals surface area contributed by atoms with Gasteiger partial charge in [0.25, 0.3) is 0 Å². The molecule has 8 heteroatoms. The molecule has 1 aliphatic heterocycles. The van der Waals surface area contributed by atoms with Gasteiger partial charge in [-0.1, -0.05) is 22.9 Å². The number of anilines is 2. The molecule has 1 aromatic heterocycles. The second-order valence-electron chi connectivity index (χ2n) is 6.92. The van der Waals surface area contributed by atoms with Gasteiger partial charge in [0.05, 0.1) is 5.69 Å². The van der Waals surface area contributed by atoms with E-state index in [4.69, 9.17) is 4.52 Å². The second kappa shape index (κ2) is 8.57. The molecule has 2 heterocycles. The fraction of sp³-hybridized carbons (Fsp3) is 0.421. The van der Waals surface area contributed by atoms with E-state index >= 15 is 0 Å². The van der Waals surface area contributed by atoms with Gasteiger partial charge in [-0.3, -0.25) is 5.32 Å². The van der Waals surface area contributed by atoms with Crippen molar-refractivity contribution in [3.05, 3.63) is 41.6 Å². The molecule has 1 saturated heterocycles. The van der Waals surface area contributed by atoms with Gasteiger partial charge in [-0.15, -0.1) is 0 Å². The lowest BCUT2D eigenvalue weighted by atomic mass is 9.98. The monoisotopic (exact) mass is 371 g/mol. The number of aryl methyl sites for hydroxylation is 2. The van der Waals surface area contributed by atoms with E-state index in [1.165, 1.54) is 0 Å². The van der Waals surface area contributed by atoms with Crippen LogP contribution >= 0.6 is 0 Å². The molecule has 8 nitrogen and oxygen atoms in total. The number of hydrogen-bond donors (Lipinski definition) is 3. The highest BCUT2D eigenvalue weighted by molar-refractivity contribution is 5.89. The first-order valence-electron chi connectivity index (χ1n) is 9.10. The first-order chi connectivity index (χ1) is 13.0. The molecule has 27 heavy (non-hydrogen) atoms. The third kappa shape index (κ3) is 5.47. The molecular formula is C19H25N5O3. The smallest absolute Gasteiger partial charge is 0.324 e. The van der Waals surface area contributed by atoms with Crippen LogP contribution in [0.2, 0.25) is 0 Å². The first kappa shape index (κ1) is 18.8. The quantitative estimate of drug-likeness (QED) is 0.767. The minimum absolute atomic E-state index is 0.208. The lowest BCUT2D eigenvalue weighted by Gasteiger charge is -2.32. The Morgan fingerprint density at radius 3 is 2.70 bits per heavy atom. The van der Waals surface area contributed by atoms with Crippen LogP contribution in [0.1, 0.15) is 24.1 Å². The number of hydrogen-bond acceptors (Lipinski definition) is 4. The highest BCUT2D eigenvalue weighted by Gasteiger charge is 2.24. The molecule has 0 saturated carbocycles. The van der Waals surface area contributed by atoms with Crippen LogP contribution in [0, 0.1) is 19.8 Å². The van der Waals surface area contributed by atoms with Crippen LogP contribution in [0.3, 0.4) is 0 Å². The number of aromatic nitrogens is 1. The molecule has 1 aliphatic rings. The Balaban J connectivity index is 1.44. The van der Waals surface area contributed by atoms with Crippen molar-refractivity contribution in [3.63, 3.8) is 0 Å². The topological polar surface area (TPSA) is 99.5 Å². The summed E-state index contributed by atoms with van der Waals surface area (Å²) in [6.45, 7) is 5.58. The fourth-order valence-electron chi connectivity index (χ4n) is 3.07. The number of carbonyl (C=O) groups is 2. The average molecular weight is 371 g/mol. The number of benzene rings is 1. The van der Waals surface area contributed by atoms with Gasteiger partial charge in [0, 0.05) is 31.4 Å². The van der Waals surface area contributed by atoms with Crippen LogP contribution in [-0.4, -0.2) is 41.8 Å².